The van der Waals surface area contributed by atoms with Crippen molar-refractivity contribution in [2.75, 3.05) is 53.6 Å². The largest absolute Gasteiger partial charge is 0.382 e. The average Bonchev–Trinajstić information content (AvgIpc) is 3.09. The Kier molecular flexibility index (Phi) is 6.10. The summed E-state index contributed by atoms with van der Waals surface area (Å²) in [6.45, 7) is 5.13. The molecule has 20 heavy (non-hydrogen) atoms. The lowest BCUT2D eigenvalue weighted by atomic mass is 9.86. The van der Waals surface area contributed by atoms with Gasteiger partial charge in [-0.15, -0.1) is 0 Å². The van der Waals surface area contributed by atoms with Crippen molar-refractivity contribution in [1.82, 2.24) is 10.2 Å². The topological polar surface area (TPSA) is 46.1 Å². The fraction of sp³-hybridized carbons (Fsp3) is 0.933. The van der Waals surface area contributed by atoms with E-state index in [0.717, 1.165) is 19.0 Å². The van der Waals surface area contributed by atoms with Gasteiger partial charge in [0.05, 0.1) is 19.8 Å². The zero-order chi connectivity index (χ0) is 14.3. The van der Waals surface area contributed by atoms with Crippen LogP contribution in [-0.2, 0) is 9.47 Å². The molecule has 0 atom stereocenters. The number of guanidine groups is 1. The van der Waals surface area contributed by atoms with E-state index in [1.807, 2.05) is 7.05 Å². The molecule has 1 aliphatic heterocycles. The predicted molar refractivity (Wildman–Crippen MR) is 81.1 cm³/mol. The van der Waals surface area contributed by atoms with E-state index in [0.29, 0.717) is 25.2 Å². The highest BCUT2D eigenvalue weighted by atomic mass is 16.5. The molecule has 2 rings (SSSR count). The molecule has 2 fully saturated rings. The Morgan fingerprint density at radius 1 is 1.20 bits per heavy atom. The first-order valence-electron chi connectivity index (χ1n) is 7.82. The molecule has 1 aliphatic carbocycles. The standard InChI is InChI=1S/C15H29N3O2/c1-16-14(17-8-10-20-12-11-19-2)18-9-7-15(13-18)5-3-4-6-15/h3-13H2,1-2H3,(H,16,17). The summed E-state index contributed by atoms with van der Waals surface area (Å²) in [6.07, 6.45) is 6.96. The molecule has 1 saturated carbocycles. The minimum Gasteiger partial charge on any atom is -0.382 e. The first-order valence-corrected chi connectivity index (χ1v) is 7.82. The maximum atomic E-state index is 5.46. The molecule has 0 bridgehead atoms. The number of nitrogens with zero attached hydrogens (tertiary/aromatic N) is 2. The molecule has 0 unspecified atom stereocenters. The number of rotatable bonds is 6. The number of hydrogen-bond acceptors (Lipinski definition) is 3. The molecular weight excluding hydrogens is 254 g/mol. The van der Waals surface area contributed by atoms with Gasteiger partial charge in [-0.3, -0.25) is 4.99 Å². The Morgan fingerprint density at radius 2 is 2.00 bits per heavy atom. The average molecular weight is 283 g/mol. The maximum absolute atomic E-state index is 5.46. The highest BCUT2D eigenvalue weighted by Crippen LogP contribution is 2.45. The maximum Gasteiger partial charge on any atom is 0.193 e. The van der Waals surface area contributed by atoms with Gasteiger partial charge in [0.25, 0.3) is 0 Å². The van der Waals surface area contributed by atoms with Crippen LogP contribution in [0.3, 0.4) is 0 Å². The first-order chi connectivity index (χ1) is 9.79. The Hall–Kier alpha value is -0.810. The van der Waals surface area contributed by atoms with Crippen molar-refractivity contribution in [3.05, 3.63) is 0 Å². The Bertz CT molecular complexity index is 314. The van der Waals surface area contributed by atoms with Crippen LogP contribution in [0.4, 0.5) is 0 Å². The minimum absolute atomic E-state index is 0.590. The van der Waals surface area contributed by atoms with Crippen LogP contribution in [-0.4, -0.2) is 64.5 Å². The number of nitrogens with one attached hydrogen (secondary N) is 1. The van der Waals surface area contributed by atoms with E-state index < -0.39 is 0 Å². The lowest BCUT2D eigenvalue weighted by Gasteiger charge is -2.25. The van der Waals surface area contributed by atoms with Crippen LogP contribution in [0, 0.1) is 5.41 Å². The van der Waals surface area contributed by atoms with Crippen molar-refractivity contribution in [1.29, 1.82) is 0 Å². The molecular formula is C15H29N3O2. The van der Waals surface area contributed by atoms with Gasteiger partial charge in [-0.1, -0.05) is 12.8 Å². The second kappa shape index (κ2) is 7.84. The van der Waals surface area contributed by atoms with E-state index in [1.54, 1.807) is 7.11 Å². The van der Waals surface area contributed by atoms with Gasteiger partial charge >= 0.3 is 0 Å². The van der Waals surface area contributed by atoms with Crippen LogP contribution in [0.15, 0.2) is 4.99 Å². The zero-order valence-electron chi connectivity index (χ0n) is 13.0. The molecule has 0 radical (unpaired) electrons. The van der Waals surface area contributed by atoms with Gasteiger partial charge in [-0.2, -0.15) is 0 Å². The Morgan fingerprint density at radius 3 is 2.70 bits per heavy atom. The van der Waals surface area contributed by atoms with Crippen LogP contribution >= 0.6 is 0 Å². The third kappa shape index (κ3) is 4.09. The van der Waals surface area contributed by atoms with Crippen LogP contribution in [0.5, 0.6) is 0 Å². The molecule has 1 saturated heterocycles. The molecule has 0 aromatic carbocycles. The van der Waals surface area contributed by atoms with Crippen molar-refractivity contribution in [3.8, 4) is 0 Å². The smallest absolute Gasteiger partial charge is 0.193 e. The highest BCUT2D eigenvalue weighted by molar-refractivity contribution is 5.80. The summed E-state index contributed by atoms with van der Waals surface area (Å²) in [4.78, 5) is 6.83. The molecule has 5 heteroatoms. The van der Waals surface area contributed by atoms with Crippen molar-refractivity contribution in [2.45, 2.75) is 32.1 Å². The van der Waals surface area contributed by atoms with Gasteiger partial charge < -0.3 is 19.7 Å². The van der Waals surface area contributed by atoms with E-state index in [9.17, 15) is 0 Å². The highest BCUT2D eigenvalue weighted by Gasteiger charge is 2.40. The molecule has 1 N–H and O–H groups in total. The van der Waals surface area contributed by atoms with Crippen LogP contribution in [0.2, 0.25) is 0 Å². The van der Waals surface area contributed by atoms with E-state index >= 15 is 0 Å². The zero-order valence-corrected chi connectivity index (χ0v) is 13.0. The van der Waals surface area contributed by atoms with Gasteiger partial charge in [0.15, 0.2) is 5.96 Å². The van der Waals surface area contributed by atoms with Crippen molar-refractivity contribution in [2.24, 2.45) is 10.4 Å². The summed E-state index contributed by atoms with van der Waals surface area (Å²) in [5, 5.41) is 3.40. The van der Waals surface area contributed by atoms with Crippen molar-refractivity contribution >= 4 is 5.96 Å². The SMILES string of the molecule is CN=C(NCCOCCOC)N1CCC2(CCCC2)C1. The molecule has 2 aliphatic rings. The van der Waals surface area contributed by atoms with Gasteiger partial charge in [-0.05, 0) is 24.7 Å². The molecule has 5 nitrogen and oxygen atoms in total. The lowest BCUT2D eigenvalue weighted by Crippen LogP contribution is -2.42. The monoisotopic (exact) mass is 283 g/mol. The Balaban J connectivity index is 1.67. The number of ether oxygens (including phenoxy) is 2. The number of likely N-dealkylation sites (tertiary alicyclic amines) is 1. The van der Waals surface area contributed by atoms with Crippen LogP contribution < -0.4 is 5.32 Å². The molecule has 0 aromatic rings. The summed E-state index contributed by atoms with van der Waals surface area (Å²) in [5.41, 5.74) is 0.590. The molecule has 1 heterocycles. The summed E-state index contributed by atoms with van der Waals surface area (Å²) in [5.74, 6) is 1.03. The van der Waals surface area contributed by atoms with E-state index in [-0.39, 0.29) is 0 Å². The summed E-state index contributed by atoms with van der Waals surface area (Å²) < 4.78 is 10.4. The first kappa shape index (κ1) is 15.6. The summed E-state index contributed by atoms with van der Waals surface area (Å²) in [6, 6.07) is 0. The quantitative estimate of drug-likeness (QED) is 0.456. The third-order valence-corrected chi connectivity index (χ3v) is 4.58. The van der Waals surface area contributed by atoms with Crippen LogP contribution in [0.1, 0.15) is 32.1 Å². The fourth-order valence-corrected chi connectivity index (χ4v) is 3.46. The number of methoxy groups -OCH3 is 1. The van der Waals surface area contributed by atoms with Gasteiger partial charge in [0.2, 0.25) is 0 Å². The van der Waals surface area contributed by atoms with Crippen molar-refractivity contribution in [3.63, 3.8) is 0 Å². The van der Waals surface area contributed by atoms with Gasteiger partial charge in [0, 0.05) is 33.8 Å². The van der Waals surface area contributed by atoms with E-state index in [2.05, 4.69) is 15.2 Å². The fourth-order valence-electron chi connectivity index (χ4n) is 3.46. The van der Waals surface area contributed by atoms with E-state index in [4.69, 9.17) is 9.47 Å². The molecule has 0 amide bonds. The normalized spacial score (nSPS) is 21.9. The van der Waals surface area contributed by atoms with E-state index in [1.165, 1.54) is 38.6 Å². The van der Waals surface area contributed by atoms with Crippen LogP contribution in [0.25, 0.3) is 0 Å². The van der Waals surface area contributed by atoms with Gasteiger partial charge in [-0.25, -0.2) is 0 Å². The molecule has 0 aromatic heterocycles. The summed E-state index contributed by atoms with van der Waals surface area (Å²) >= 11 is 0. The second-order valence-corrected chi connectivity index (χ2v) is 5.96. The number of aliphatic imine (C=N–C) groups is 1. The molecule has 116 valence electrons. The lowest BCUT2D eigenvalue weighted by molar-refractivity contribution is 0.0731. The minimum atomic E-state index is 0.590. The molecule has 1 spiro atoms. The van der Waals surface area contributed by atoms with Crippen molar-refractivity contribution < 1.29 is 9.47 Å². The third-order valence-electron chi connectivity index (χ3n) is 4.58. The van der Waals surface area contributed by atoms with Gasteiger partial charge in [0.1, 0.15) is 0 Å². The second-order valence-electron chi connectivity index (χ2n) is 5.96. The Labute approximate surface area is 122 Å². The predicted octanol–water partition coefficient (Wildman–Crippen LogP) is 1.49. The number of hydrogen-bond donors (Lipinski definition) is 1. The summed E-state index contributed by atoms with van der Waals surface area (Å²) in [7, 11) is 3.56.